The highest BCUT2D eigenvalue weighted by Crippen LogP contribution is 2.22. The lowest BCUT2D eigenvalue weighted by atomic mass is 10.2. The van der Waals surface area contributed by atoms with Crippen LogP contribution < -0.4 is 10.3 Å². The summed E-state index contributed by atoms with van der Waals surface area (Å²) in [5.41, 5.74) is 0.894. The standard InChI is InChI=1S/C16H15BrN2O2/c1-3-19(4-2)14-8-6-11-15(20)12-9-10(17)5-7-13(12)21-16(11)18-14/h5-9H,3-4H2,1-2H3. The topological polar surface area (TPSA) is 46.3 Å². The van der Waals surface area contributed by atoms with Crippen LogP contribution >= 0.6 is 15.9 Å². The van der Waals surface area contributed by atoms with Gasteiger partial charge in [0.25, 0.3) is 0 Å². The van der Waals surface area contributed by atoms with Gasteiger partial charge in [-0.25, -0.2) is 0 Å². The Morgan fingerprint density at radius 1 is 1.14 bits per heavy atom. The summed E-state index contributed by atoms with van der Waals surface area (Å²) in [6.07, 6.45) is 0. The predicted octanol–water partition coefficient (Wildman–Crippen LogP) is 3.95. The highest BCUT2D eigenvalue weighted by Gasteiger charge is 2.11. The number of benzene rings is 1. The summed E-state index contributed by atoms with van der Waals surface area (Å²) in [7, 11) is 0. The molecule has 0 atom stereocenters. The van der Waals surface area contributed by atoms with E-state index in [4.69, 9.17) is 4.42 Å². The molecule has 5 heteroatoms. The van der Waals surface area contributed by atoms with Crippen molar-refractivity contribution in [2.75, 3.05) is 18.0 Å². The van der Waals surface area contributed by atoms with Gasteiger partial charge in [0.2, 0.25) is 11.1 Å². The van der Waals surface area contributed by atoms with E-state index in [0.717, 1.165) is 23.4 Å². The van der Waals surface area contributed by atoms with Gasteiger partial charge in [-0.2, -0.15) is 4.98 Å². The molecule has 3 rings (SSSR count). The summed E-state index contributed by atoms with van der Waals surface area (Å²) >= 11 is 3.38. The lowest BCUT2D eigenvalue weighted by Gasteiger charge is -2.19. The van der Waals surface area contributed by atoms with Gasteiger partial charge in [-0.05, 0) is 44.2 Å². The molecule has 0 aliphatic carbocycles. The van der Waals surface area contributed by atoms with Crippen LogP contribution in [-0.4, -0.2) is 18.1 Å². The number of anilines is 1. The first kappa shape index (κ1) is 14.1. The number of hydrogen-bond acceptors (Lipinski definition) is 4. The van der Waals surface area contributed by atoms with Gasteiger partial charge in [0.1, 0.15) is 11.4 Å². The lowest BCUT2D eigenvalue weighted by Crippen LogP contribution is -2.23. The van der Waals surface area contributed by atoms with E-state index in [0.29, 0.717) is 22.1 Å². The Morgan fingerprint density at radius 2 is 1.90 bits per heavy atom. The molecule has 1 aromatic carbocycles. The Labute approximate surface area is 130 Å². The van der Waals surface area contributed by atoms with E-state index in [1.165, 1.54) is 0 Å². The van der Waals surface area contributed by atoms with E-state index in [9.17, 15) is 4.79 Å². The molecule has 3 aromatic rings. The van der Waals surface area contributed by atoms with Crippen LogP contribution in [0.5, 0.6) is 0 Å². The summed E-state index contributed by atoms with van der Waals surface area (Å²) in [6.45, 7) is 5.87. The smallest absolute Gasteiger partial charge is 0.232 e. The average molecular weight is 347 g/mol. The Bertz CT molecular complexity index is 869. The minimum atomic E-state index is -0.0499. The second-order valence-corrected chi connectivity index (χ2v) is 5.68. The highest BCUT2D eigenvalue weighted by atomic mass is 79.9. The van der Waals surface area contributed by atoms with E-state index < -0.39 is 0 Å². The molecule has 21 heavy (non-hydrogen) atoms. The molecule has 2 heterocycles. The number of hydrogen-bond donors (Lipinski definition) is 0. The van der Waals surface area contributed by atoms with Crippen LogP contribution in [0.4, 0.5) is 5.82 Å². The van der Waals surface area contributed by atoms with Crippen molar-refractivity contribution in [3.05, 3.63) is 45.0 Å². The molecule has 0 spiro atoms. The van der Waals surface area contributed by atoms with Crippen molar-refractivity contribution < 1.29 is 4.42 Å². The summed E-state index contributed by atoms with van der Waals surface area (Å²) in [5.74, 6) is 0.826. The molecule has 0 aliphatic rings. The monoisotopic (exact) mass is 346 g/mol. The van der Waals surface area contributed by atoms with Gasteiger partial charge in [-0.15, -0.1) is 0 Å². The number of halogens is 1. The minimum Gasteiger partial charge on any atom is -0.437 e. The van der Waals surface area contributed by atoms with Gasteiger partial charge in [0, 0.05) is 17.6 Å². The second-order valence-electron chi connectivity index (χ2n) is 4.77. The van der Waals surface area contributed by atoms with Crippen molar-refractivity contribution in [2.24, 2.45) is 0 Å². The number of nitrogens with zero attached hydrogens (tertiary/aromatic N) is 2. The van der Waals surface area contributed by atoms with Crippen LogP contribution in [0.1, 0.15) is 13.8 Å². The van der Waals surface area contributed by atoms with Crippen LogP contribution in [0.25, 0.3) is 22.1 Å². The number of fused-ring (bicyclic) bond motifs is 2. The lowest BCUT2D eigenvalue weighted by molar-refractivity contribution is 0.643. The molecule has 4 nitrogen and oxygen atoms in total. The number of pyridine rings is 1. The van der Waals surface area contributed by atoms with E-state index in [1.54, 1.807) is 18.2 Å². The maximum absolute atomic E-state index is 12.5. The molecule has 108 valence electrons. The van der Waals surface area contributed by atoms with Crippen molar-refractivity contribution in [3.63, 3.8) is 0 Å². The van der Waals surface area contributed by atoms with Gasteiger partial charge < -0.3 is 9.32 Å². The van der Waals surface area contributed by atoms with Crippen molar-refractivity contribution in [1.82, 2.24) is 4.98 Å². The van der Waals surface area contributed by atoms with Gasteiger partial charge in [-0.3, -0.25) is 4.79 Å². The fraction of sp³-hybridized carbons (Fsp3) is 0.250. The van der Waals surface area contributed by atoms with Crippen LogP contribution in [-0.2, 0) is 0 Å². The molecule has 0 bridgehead atoms. The summed E-state index contributed by atoms with van der Waals surface area (Å²) in [5, 5.41) is 1.07. The van der Waals surface area contributed by atoms with Crippen molar-refractivity contribution in [2.45, 2.75) is 13.8 Å². The normalized spacial score (nSPS) is 11.2. The van der Waals surface area contributed by atoms with Crippen molar-refractivity contribution in [1.29, 1.82) is 0 Å². The maximum Gasteiger partial charge on any atom is 0.232 e. The number of aromatic nitrogens is 1. The van der Waals surface area contributed by atoms with Crippen molar-refractivity contribution in [3.8, 4) is 0 Å². The zero-order valence-corrected chi connectivity index (χ0v) is 13.5. The zero-order valence-electron chi connectivity index (χ0n) is 11.9. The molecule has 0 aliphatic heterocycles. The fourth-order valence-electron chi connectivity index (χ4n) is 2.42. The zero-order chi connectivity index (χ0) is 15.0. The fourth-order valence-corrected chi connectivity index (χ4v) is 2.78. The largest absolute Gasteiger partial charge is 0.437 e. The molecule has 0 amide bonds. The third kappa shape index (κ3) is 2.42. The van der Waals surface area contributed by atoms with Crippen LogP contribution in [0, 0.1) is 0 Å². The van der Waals surface area contributed by atoms with E-state index in [1.807, 2.05) is 12.1 Å². The Morgan fingerprint density at radius 3 is 2.62 bits per heavy atom. The second kappa shape index (κ2) is 5.48. The van der Waals surface area contributed by atoms with Crippen LogP contribution in [0.2, 0.25) is 0 Å². The highest BCUT2D eigenvalue weighted by molar-refractivity contribution is 9.10. The summed E-state index contributed by atoms with van der Waals surface area (Å²) < 4.78 is 6.66. The van der Waals surface area contributed by atoms with Gasteiger partial charge in [0.15, 0.2) is 0 Å². The first-order valence-corrected chi connectivity index (χ1v) is 7.71. The average Bonchev–Trinajstić information content (AvgIpc) is 2.49. The Kier molecular flexibility index (Phi) is 3.68. The third-order valence-electron chi connectivity index (χ3n) is 3.57. The third-order valence-corrected chi connectivity index (χ3v) is 4.06. The van der Waals surface area contributed by atoms with E-state index >= 15 is 0 Å². The minimum absolute atomic E-state index is 0.0499. The SMILES string of the molecule is CCN(CC)c1ccc2c(=O)c3cc(Br)ccc3oc2n1. The predicted molar refractivity (Wildman–Crippen MR) is 89.0 cm³/mol. The molecule has 0 unspecified atom stereocenters. The molecule has 0 N–H and O–H groups in total. The Balaban J connectivity index is 2.30. The quantitative estimate of drug-likeness (QED) is 0.673. The number of rotatable bonds is 3. The molecule has 0 saturated heterocycles. The molecular weight excluding hydrogens is 332 g/mol. The first-order chi connectivity index (χ1) is 10.1. The molecule has 0 saturated carbocycles. The van der Waals surface area contributed by atoms with Gasteiger partial charge in [0.05, 0.1) is 10.8 Å². The van der Waals surface area contributed by atoms with Gasteiger partial charge >= 0.3 is 0 Å². The van der Waals surface area contributed by atoms with E-state index in [-0.39, 0.29) is 5.43 Å². The summed E-state index contributed by atoms with van der Waals surface area (Å²) in [4.78, 5) is 19.1. The maximum atomic E-state index is 12.5. The molecular formula is C16H15BrN2O2. The Hall–Kier alpha value is -1.88. The van der Waals surface area contributed by atoms with Gasteiger partial charge in [-0.1, -0.05) is 15.9 Å². The van der Waals surface area contributed by atoms with Crippen LogP contribution in [0.3, 0.4) is 0 Å². The molecule has 2 aromatic heterocycles. The molecule has 0 fully saturated rings. The summed E-state index contributed by atoms with van der Waals surface area (Å²) in [6, 6.07) is 9.08. The van der Waals surface area contributed by atoms with Crippen LogP contribution in [0.15, 0.2) is 44.0 Å². The van der Waals surface area contributed by atoms with E-state index in [2.05, 4.69) is 39.7 Å². The van der Waals surface area contributed by atoms with Crippen molar-refractivity contribution >= 4 is 43.8 Å². The molecule has 0 radical (unpaired) electrons. The first-order valence-electron chi connectivity index (χ1n) is 6.92.